The Hall–Kier alpha value is -2.49. The van der Waals surface area contributed by atoms with Crippen molar-refractivity contribution in [2.45, 2.75) is 20.8 Å². The summed E-state index contributed by atoms with van der Waals surface area (Å²) in [6, 6.07) is 12.7. The van der Waals surface area contributed by atoms with E-state index in [2.05, 4.69) is 77.3 Å². The van der Waals surface area contributed by atoms with E-state index in [1.165, 1.54) is 11.3 Å². The van der Waals surface area contributed by atoms with Crippen LogP contribution >= 0.6 is 0 Å². The highest BCUT2D eigenvalue weighted by Crippen LogP contribution is 2.29. The molecule has 0 unspecified atom stereocenters. The molecular weight excluding hydrogens is 296 g/mol. The van der Waals surface area contributed by atoms with Gasteiger partial charge in [-0.25, -0.2) is 4.99 Å². The lowest BCUT2D eigenvalue weighted by atomic mass is 10.1. The van der Waals surface area contributed by atoms with Gasteiger partial charge in [0.25, 0.3) is 0 Å². The molecule has 0 radical (unpaired) electrons. The Bertz CT molecular complexity index is 702. The summed E-state index contributed by atoms with van der Waals surface area (Å²) in [6.07, 6.45) is 1.88. The second-order valence-corrected chi connectivity index (χ2v) is 6.34. The van der Waals surface area contributed by atoms with Crippen LogP contribution in [0.15, 0.2) is 41.4 Å². The summed E-state index contributed by atoms with van der Waals surface area (Å²) in [7, 11) is 6.12. The molecule has 0 aliphatic rings. The van der Waals surface area contributed by atoms with Gasteiger partial charge in [-0.3, -0.25) is 0 Å². The molecule has 0 aliphatic heterocycles. The zero-order valence-corrected chi connectivity index (χ0v) is 15.6. The van der Waals surface area contributed by atoms with Gasteiger partial charge in [-0.15, -0.1) is 0 Å². The maximum absolute atomic E-state index is 4.58. The second-order valence-electron chi connectivity index (χ2n) is 6.34. The van der Waals surface area contributed by atoms with Gasteiger partial charge in [0.1, 0.15) is 0 Å². The molecule has 24 heavy (non-hydrogen) atoms. The molecule has 4 nitrogen and oxygen atoms in total. The van der Waals surface area contributed by atoms with Crippen molar-refractivity contribution in [3.63, 3.8) is 0 Å². The topological polar surface area (TPSA) is 30.9 Å². The molecule has 0 heterocycles. The van der Waals surface area contributed by atoms with E-state index in [0.717, 1.165) is 29.2 Å². The van der Waals surface area contributed by atoms with E-state index in [-0.39, 0.29) is 0 Å². The Labute approximate surface area is 145 Å². The van der Waals surface area contributed by atoms with Crippen molar-refractivity contribution in [2.24, 2.45) is 4.99 Å². The Morgan fingerprint density at radius 3 is 2.25 bits per heavy atom. The number of aryl methyl sites for hydroxylation is 2. The van der Waals surface area contributed by atoms with E-state index < -0.39 is 0 Å². The molecule has 2 aromatic rings. The number of hydrogen-bond donors (Lipinski definition) is 1. The van der Waals surface area contributed by atoms with Gasteiger partial charge in [-0.05, 0) is 68.3 Å². The summed E-state index contributed by atoms with van der Waals surface area (Å²) in [5.74, 6) is 0. The van der Waals surface area contributed by atoms with Gasteiger partial charge < -0.3 is 15.1 Å². The molecule has 0 saturated carbocycles. The van der Waals surface area contributed by atoms with Crippen molar-refractivity contribution in [1.82, 2.24) is 4.90 Å². The Balaban J connectivity index is 2.19. The number of nitrogens with zero attached hydrogens (tertiary/aromatic N) is 3. The minimum absolute atomic E-state index is 0.949. The van der Waals surface area contributed by atoms with Gasteiger partial charge in [0.2, 0.25) is 0 Å². The van der Waals surface area contributed by atoms with Crippen LogP contribution in [0.1, 0.15) is 18.1 Å². The molecule has 0 bridgehead atoms. The average molecular weight is 324 g/mol. The quantitative estimate of drug-likeness (QED) is 0.616. The molecule has 4 heteroatoms. The molecular formula is C20H28N4. The van der Waals surface area contributed by atoms with Crippen LogP contribution in [-0.4, -0.2) is 38.9 Å². The van der Waals surface area contributed by atoms with Crippen LogP contribution in [0.5, 0.6) is 0 Å². The fourth-order valence-corrected chi connectivity index (χ4v) is 2.32. The van der Waals surface area contributed by atoms with Gasteiger partial charge in [0, 0.05) is 44.7 Å². The first-order valence-electron chi connectivity index (χ1n) is 8.30. The normalized spacial score (nSPS) is 10.9. The van der Waals surface area contributed by atoms with Crippen molar-refractivity contribution in [3.8, 4) is 0 Å². The fourth-order valence-electron chi connectivity index (χ4n) is 2.32. The molecule has 0 atom stereocenters. The SMILES string of the molecule is CCN(C)C=Nc1cc(C)c(Nc2ccc(N(C)C)cc2)cc1C. The number of benzene rings is 2. The number of aliphatic imine (C=N–C) groups is 1. The van der Waals surface area contributed by atoms with E-state index in [9.17, 15) is 0 Å². The van der Waals surface area contributed by atoms with Gasteiger partial charge in [0.05, 0.1) is 12.0 Å². The molecule has 0 spiro atoms. The highest BCUT2D eigenvalue weighted by molar-refractivity contribution is 5.71. The third-order valence-corrected chi connectivity index (χ3v) is 4.10. The van der Waals surface area contributed by atoms with Crippen molar-refractivity contribution >= 4 is 29.1 Å². The van der Waals surface area contributed by atoms with E-state index in [1.807, 2.05) is 27.5 Å². The summed E-state index contributed by atoms with van der Waals surface area (Å²) >= 11 is 0. The monoisotopic (exact) mass is 324 g/mol. The third kappa shape index (κ3) is 4.51. The summed E-state index contributed by atoms with van der Waals surface area (Å²) in [5, 5.41) is 3.50. The molecule has 2 aromatic carbocycles. The largest absolute Gasteiger partial charge is 0.378 e. The number of rotatable bonds is 6. The summed E-state index contributed by atoms with van der Waals surface area (Å²) in [6.45, 7) is 7.26. The molecule has 0 amide bonds. The van der Waals surface area contributed by atoms with Crippen molar-refractivity contribution in [3.05, 3.63) is 47.5 Å². The predicted octanol–water partition coefficient (Wildman–Crippen LogP) is 4.72. The van der Waals surface area contributed by atoms with Gasteiger partial charge in [-0.2, -0.15) is 0 Å². The third-order valence-electron chi connectivity index (χ3n) is 4.10. The minimum Gasteiger partial charge on any atom is -0.378 e. The smallest absolute Gasteiger partial charge is 0.0909 e. The van der Waals surface area contributed by atoms with Crippen molar-refractivity contribution in [2.75, 3.05) is 37.9 Å². The first-order valence-corrected chi connectivity index (χ1v) is 8.30. The Morgan fingerprint density at radius 2 is 1.67 bits per heavy atom. The lowest BCUT2D eigenvalue weighted by molar-refractivity contribution is 0.552. The van der Waals surface area contributed by atoms with E-state index >= 15 is 0 Å². The van der Waals surface area contributed by atoms with Crippen LogP contribution in [-0.2, 0) is 0 Å². The molecule has 0 aromatic heterocycles. The van der Waals surface area contributed by atoms with E-state index in [1.54, 1.807) is 0 Å². The van der Waals surface area contributed by atoms with Crippen LogP contribution in [0.25, 0.3) is 0 Å². The summed E-state index contributed by atoms with van der Waals surface area (Å²) in [4.78, 5) is 8.74. The maximum atomic E-state index is 4.58. The van der Waals surface area contributed by atoms with Crippen LogP contribution < -0.4 is 10.2 Å². The highest BCUT2D eigenvalue weighted by Gasteiger charge is 2.05. The van der Waals surface area contributed by atoms with E-state index in [0.29, 0.717) is 0 Å². The molecule has 0 saturated heterocycles. The van der Waals surface area contributed by atoms with Crippen molar-refractivity contribution < 1.29 is 0 Å². The van der Waals surface area contributed by atoms with Crippen LogP contribution in [0.2, 0.25) is 0 Å². The standard InChI is InChI=1S/C20H28N4/c1-7-24(6)14-21-19-12-16(3)20(13-15(19)2)22-17-8-10-18(11-9-17)23(4)5/h8-14,22H,7H2,1-6H3. The summed E-state index contributed by atoms with van der Waals surface area (Å²) in [5.41, 5.74) is 6.76. The second kappa shape index (κ2) is 7.86. The van der Waals surface area contributed by atoms with E-state index in [4.69, 9.17) is 0 Å². The maximum Gasteiger partial charge on any atom is 0.0909 e. The Kier molecular flexibility index (Phi) is 5.85. The van der Waals surface area contributed by atoms with Crippen molar-refractivity contribution in [1.29, 1.82) is 0 Å². The number of hydrogen-bond acceptors (Lipinski definition) is 3. The molecule has 1 N–H and O–H groups in total. The molecule has 0 aliphatic carbocycles. The molecule has 2 rings (SSSR count). The first kappa shape index (κ1) is 17.9. The lowest BCUT2D eigenvalue weighted by Gasteiger charge is -2.15. The zero-order chi connectivity index (χ0) is 17.7. The number of anilines is 3. The predicted molar refractivity (Wildman–Crippen MR) is 106 cm³/mol. The zero-order valence-electron chi connectivity index (χ0n) is 15.6. The lowest BCUT2D eigenvalue weighted by Crippen LogP contribution is -2.14. The van der Waals surface area contributed by atoms with Gasteiger partial charge in [-0.1, -0.05) is 0 Å². The van der Waals surface area contributed by atoms with Crippen LogP contribution in [0.3, 0.4) is 0 Å². The van der Waals surface area contributed by atoms with Gasteiger partial charge >= 0.3 is 0 Å². The molecule has 128 valence electrons. The van der Waals surface area contributed by atoms with Crippen LogP contribution in [0, 0.1) is 13.8 Å². The molecule has 0 fully saturated rings. The van der Waals surface area contributed by atoms with Gasteiger partial charge in [0.15, 0.2) is 0 Å². The first-order chi connectivity index (χ1) is 11.4. The summed E-state index contributed by atoms with van der Waals surface area (Å²) < 4.78 is 0. The fraction of sp³-hybridized carbons (Fsp3) is 0.350. The Morgan fingerprint density at radius 1 is 1.00 bits per heavy atom. The average Bonchev–Trinajstić information content (AvgIpc) is 2.56. The number of nitrogens with one attached hydrogen (secondary N) is 1. The van der Waals surface area contributed by atoms with Crippen LogP contribution in [0.4, 0.5) is 22.7 Å². The highest BCUT2D eigenvalue weighted by atomic mass is 15.1. The minimum atomic E-state index is 0.949.